The normalized spacial score (nSPS) is 18.8. The molecule has 1 atom stereocenters. The second kappa shape index (κ2) is 10.1. The van der Waals surface area contributed by atoms with Crippen LogP contribution in [0.2, 0.25) is 0 Å². The predicted octanol–water partition coefficient (Wildman–Crippen LogP) is 5.06. The van der Waals surface area contributed by atoms with Gasteiger partial charge in [-0.05, 0) is 42.0 Å². The molecule has 2 aliphatic rings. The van der Waals surface area contributed by atoms with Crippen LogP contribution in [0, 0.1) is 5.41 Å². The first-order valence-electron chi connectivity index (χ1n) is 11.9. The van der Waals surface area contributed by atoms with Crippen molar-refractivity contribution in [1.29, 1.82) is 0 Å². The largest absolute Gasteiger partial charge is 0.493 e. The van der Waals surface area contributed by atoms with E-state index in [0.29, 0.717) is 52.5 Å². The fourth-order valence-corrected chi connectivity index (χ4v) is 5.11. The van der Waals surface area contributed by atoms with Crippen molar-refractivity contribution < 1.29 is 28.5 Å². The number of carbonyl (C=O) groups is 2. The van der Waals surface area contributed by atoms with Crippen LogP contribution in [-0.2, 0) is 20.9 Å². The Kier molecular flexibility index (Phi) is 7.11. The Morgan fingerprint density at radius 1 is 1.00 bits per heavy atom. The van der Waals surface area contributed by atoms with Gasteiger partial charge < -0.3 is 24.3 Å². The molecule has 1 N–H and O–H groups in total. The minimum atomic E-state index is -0.637. The third kappa shape index (κ3) is 4.83. The van der Waals surface area contributed by atoms with Gasteiger partial charge in [0.2, 0.25) is 5.75 Å². The zero-order chi connectivity index (χ0) is 26.0. The number of hydrogen-bond acceptors (Lipinski definition) is 7. The molecule has 1 aliphatic heterocycles. The summed E-state index contributed by atoms with van der Waals surface area (Å²) in [5.74, 6) is 0.232. The van der Waals surface area contributed by atoms with Crippen LogP contribution in [0.3, 0.4) is 0 Å². The van der Waals surface area contributed by atoms with Crippen molar-refractivity contribution in [3.63, 3.8) is 0 Å². The maximum atomic E-state index is 13.6. The van der Waals surface area contributed by atoms with Crippen LogP contribution < -0.4 is 19.5 Å². The van der Waals surface area contributed by atoms with E-state index in [4.69, 9.17) is 18.9 Å². The number of ketones is 1. The molecule has 0 saturated heterocycles. The number of rotatable bonds is 7. The Morgan fingerprint density at radius 3 is 2.22 bits per heavy atom. The molecule has 0 bridgehead atoms. The molecule has 1 heterocycles. The van der Waals surface area contributed by atoms with Crippen LogP contribution in [0.4, 0.5) is 0 Å². The van der Waals surface area contributed by atoms with Gasteiger partial charge in [-0.25, -0.2) is 4.79 Å². The molecular formula is C29H33NO6. The number of dihydropyridines is 1. The summed E-state index contributed by atoms with van der Waals surface area (Å²) in [4.78, 5) is 27.1. The third-order valence-electron chi connectivity index (χ3n) is 6.69. The number of nitrogens with one attached hydrogen (secondary N) is 1. The summed E-state index contributed by atoms with van der Waals surface area (Å²) in [6.45, 7) is 6.13. The van der Waals surface area contributed by atoms with E-state index in [9.17, 15) is 9.59 Å². The van der Waals surface area contributed by atoms with Gasteiger partial charge in [0.25, 0.3) is 0 Å². The summed E-state index contributed by atoms with van der Waals surface area (Å²) in [7, 11) is 4.62. The van der Waals surface area contributed by atoms with Crippen LogP contribution in [0.5, 0.6) is 17.2 Å². The first-order valence-corrected chi connectivity index (χ1v) is 11.9. The molecule has 0 spiro atoms. The van der Waals surface area contributed by atoms with Crippen molar-refractivity contribution >= 4 is 11.8 Å². The van der Waals surface area contributed by atoms with E-state index < -0.39 is 11.9 Å². The van der Waals surface area contributed by atoms with Crippen LogP contribution in [0.1, 0.15) is 50.7 Å². The molecule has 0 saturated carbocycles. The average molecular weight is 492 g/mol. The van der Waals surface area contributed by atoms with Crippen LogP contribution >= 0.6 is 0 Å². The smallest absolute Gasteiger partial charge is 0.337 e. The second-order valence-electron chi connectivity index (χ2n) is 9.95. The Hall–Kier alpha value is -3.74. The molecule has 4 rings (SSSR count). The van der Waals surface area contributed by atoms with Gasteiger partial charge in [0, 0.05) is 29.3 Å². The van der Waals surface area contributed by atoms with Crippen molar-refractivity contribution in [3.8, 4) is 17.2 Å². The van der Waals surface area contributed by atoms with E-state index in [-0.39, 0.29) is 17.8 Å². The van der Waals surface area contributed by atoms with Crippen LogP contribution in [0.15, 0.2) is 65.0 Å². The highest BCUT2D eigenvalue weighted by atomic mass is 16.5. The summed E-state index contributed by atoms with van der Waals surface area (Å²) in [5.41, 5.74) is 3.87. The average Bonchev–Trinajstić information content (AvgIpc) is 2.85. The molecule has 0 fully saturated rings. The van der Waals surface area contributed by atoms with Crippen molar-refractivity contribution in [2.45, 2.75) is 46.1 Å². The molecule has 0 radical (unpaired) electrons. The number of methoxy groups -OCH3 is 3. The van der Waals surface area contributed by atoms with E-state index in [1.54, 1.807) is 26.4 Å². The Morgan fingerprint density at radius 2 is 1.64 bits per heavy atom. The van der Waals surface area contributed by atoms with Gasteiger partial charge in [-0.2, -0.15) is 0 Å². The molecule has 190 valence electrons. The molecule has 1 aliphatic carbocycles. The van der Waals surface area contributed by atoms with Gasteiger partial charge in [0.05, 0.1) is 26.9 Å². The second-order valence-corrected chi connectivity index (χ2v) is 9.95. The van der Waals surface area contributed by atoms with Gasteiger partial charge >= 0.3 is 5.97 Å². The quantitative estimate of drug-likeness (QED) is 0.542. The highest BCUT2D eigenvalue weighted by molar-refractivity contribution is 6.04. The summed E-state index contributed by atoms with van der Waals surface area (Å²) < 4.78 is 22.4. The first kappa shape index (κ1) is 25.4. The standard InChI is InChI=1S/C29H33NO6/c1-17-24(28(32)36-16-18-10-8-7-9-11-18)25(26-20(30-17)14-29(2,3)15-21(26)31)19-12-22(33-4)27(35-6)23(13-19)34-5/h7-13,25,30H,14-16H2,1-6H3/t25-/m1/s1. The minimum Gasteiger partial charge on any atom is -0.493 e. The molecule has 0 unspecified atom stereocenters. The first-order chi connectivity index (χ1) is 17.2. The number of benzene rings is 2. The molecule has 7 nitrogen and oxygen atoms in total. The maximum Gasteiger partial charge on any atom is 0.337 e. The molecule has 2 aromatic rings. The van der Waals surface area contributed by atoms with Crippen LogP contribution in [-0.4, -0.2) is 33.1 Å². The lowest BCUT2D eigenvalue weighted by Gasteiger charge is -2.39. The van der Waals surface area contributed by atoms with Crippen molar-refractivity contribution in [2.24, 2.45) is 5.41 Å². The summed E-state index contributed by atoms with van der Waals surface area (Å²) in [6, 6.07) is 13.1. The number of esters is 1. The zero-order valence-corrected chi connectivity index (χ0v) is 21.7. The van der Waals surface area contributed by atoms with Crippen molar-refractivity contribution in [2.75, 3.05) is 21.3 Å². The molecule has 2 aromatic carbocycles. The zero-order valence-electron chi connectivity index (χ0n) is 21.7. The number of ether oxygens (including phenoxy) is 4. The van der Waals surface area contributed by atoms with E-state index in [2.05, 4.69) is 19.2 Å². The third-order valence-corrected chi connectivity index (χ3v) is 6.69. The predicted molar refractivity (Wildman–Crippen MR) is 136 cm³/mol. The Labute approximate surface area is 212 Å². The minimum absolute atomic E-state index is 0.00774. The van der Waals surface area contributed by atoms with Gasteiger partial charge in [-0.15, -0.1) is 0 Å². The molecule has 0 aromatic heterocycles. The lowest BCUT2D eigenvalue weighted by Crippen LogP contribution is -2.38. The lowest BCUT2D eigenvalue weighted by atomic mass is 9.68. The number of allylic oxidation sites excluding steroid dienone is 3. The topological polar surface area (TPSA) is 83.1 Å². The fourth-order valence-electron chi connectivity index (χ4n) is 5.11. The van der Waals surface area contributed by atoms with Crippen molar-refractivity contribution in [1.82, 2.24) is 5.32 Å². The van der Waals surface area contributed by atoms with Gasteiger partial charge in [0.1, 0.15) is 6.61 Å². The molecule has 0 amide bonds. The SMILES string of the molecule is COc1cc([C@@H]2C(C(=O)OCc3ccccc3)=C(C)NC3=C2C(=O)CC(C)(C)C3)cc(OC)c1OC. The Bertz CT molecular complexity index is 1220. The molecule has 7 heteroatoms. The van der Waals surface area contributed by atoms with E-state index >= 15 is 0 Å². The van der Waals surface area contributed by atoms with Gasteiger partial charge in [-0.1, -0.05) is 44.2 Å². The van der Waals surface area contributed by atoms with Crippen molar-refractivity contribution in [3.05, 3.63) is 76.1 Å². The summed E-state index contributed by atoms with van der Waals surface area (Å²) in [5, 5.41) is 3.36. The van der Waals surface area contributed by atoms with E-state index in [1.807, 2.05) is 37.3 Å². The highest BCUT2D eigenvalue weighted by Crippen LogP contribution is 2.49. The van der Waals surface area contributed by atoms with Gasteiger partial charge in [-0.3, -0.25) is 4.79 Å². The Balaban J connectivity index is 1.84. The van der Waals surface area contributed by atoms with Crippen LogP contribution in [0.25, 0.3) is 0 Å². The highest BCUT2D eigenvalue weighted by Gasteiger charge is 2.43. The number of carbonyl (C=O) groups excluding carboxylic acids is 2. The summed E-state index contributed by atoms with van der Waals surface area (Å²) >= 11 is 0. The van der Waals surface area contributed by atoms with E-state index in [1.165, 1.54) is 7.11 Å². The number of Topliss-reactive ketones (excluding diaryl/α,β-unsaturated/α-hetero) is 1. The maximum absolute atomic E-state index is 13.6. The molecule has 36 heavy (non-hydrogen) atoms. The van der Waals surface area contributed by atoms with Gasteiger partial charge in [0.15, 0.2) is 17.3 Å². The monoisotopic (exact) mass is 491 g/mol. The fraction of sp³-hybridized carbons (Fsp3) is 0.379. The molecular weight excluding hydrogens is 458 g/mol. The lowest BCUT2D eigenvalue weighted by molar-refractivity contribution is -0.140. The summed E-state index contributed by atoms with van der Waals surface area (Å²) in [6.07, 6.45) is 1.08. The number of hydrogen-bond donors (Lipinski definition) is 1. The van der Waals surface area contributed by atoms with E-state index in [0.717, 1.165) is 11.3 Å².